The SMILES string of the molecule is Cn1cc(CNS(=O)(=O)c2cnc[nH]2)cn1. The van der Waals surface area contributed by atoms with Crippen molar-refractivity contribution in [1.82, 2.24) is 24.5 Å². The smallest absolute Gasteiger partial charge is 0.257 e. The lowest BCUT2D eigenvalue weighted by atomic mass is 10.4. The van der Waals surface area contributed by atoms with Crippen molar-refractivity contribution >= 4 is 10.0 Å². The van der Waals surface area contributed by atoms with Gasteiger partial charge in [-0.3, -0.25) is 4.68 Å². The number of hydrogen-bond donors (Lipinski definition) is 2. The minimum Gasteiger partial charge on any atom is -0.335 e. The number of nitrogens with one attached hydrogen (secondary N) is 2. The number of nitrogens with zero attached hydrogens (tertiary/aromatic N) is 3. The van der Waals surface area contributed by atoms with Crippen molar-refractivity contribution in [1.29, 1.82) is 0 Å². The highest BCUT2D eigenvalue weighted by Gasteiger charge is 2.14. The van der Waals surface area contributed by atoms with Crippen LogP contribution in [0.3, 0.4) is 0 Å². The molecular weight excluding hydrogens is 230 g/mol. The topological polar surface area (TPSA) is 92.7 Å². The first-order valence-corrected chi connectivity index (χ1v) is 6.02. The van der Waals surface area contributed by atoms with E-state index in [0.29, 0.717) is 0 Å². The van der Waals surface area contributed by atoms with Crippen LogP contribution in [0, 0.1) is 0 Å². The fourth-order valence-corrected chi connectivity index (χ4v) is 2.13. The lowest BCUT2D eigenvalue weighted by Crippen LogP contribution is -2.23. The number of H-pyrrole nitrogens is 1. The van der Waals surface area contributed by atoms with E-state index in [2.05, 4.69) is 19.8 Å². The second-order valence-electron chi connectivity index (χ2n) is 3.26. The van der Waals surface area contributed by atoms with Crippen molar-refractivity contribution < 1.29 is 8.42 Å². The average Bonchev–Trinajstić information content (AvgIpc) is 2.85. The Kier molecular flexibility index (Phi) is 2.75. The zero-order valence-electron chi connectivity index (χ0n) is 8.58. The Morgan fingerprint density at radius 3 is 2.88 bits per heavy atom. The Bertz CT molecular complexity index is 557. The first-order valence-electron chi connectivity index (χ1n) is 4.53. The van der Waals surface area contributed by atoms with E-state index in [1.54, 1.807) is 24.1 Å². The second-order valence-corrected chi connectivity index (χ2v) is 5.00. The van der Waals surface area contributed by atoms with E-state index in [1.165, 1.54) is 12.5 Å². The highest BCUT2D eigenvalue weighted by molar-refractivity contribution is 7.89. The molecule has 0 saturated carbocycles. The number of sulfonamides is 1. The molecule has 86 valence electrons. The summed E-state index contributed by atoms with van der Waals surface area (Å²) in [6.07, 6.45) is 5.93. The van der Waals surface area contributed by atoms with Gasteiger partial charge < -0.3 is 4.98 Å². The van der Waals surface area contributed by atoms with Crippen LogP contribution in [0.5, 0.6) is 0 Å². The van der Waals surface area contributed by atoms with E-state index in [0.717, 1.165) is 5.56 Å². The Balaban J connectivity index is 2.06. The largest absolute Gasteiger partial charge is 0.335 e. The third-order valence-electron chi connectivity index (χ3n) is 1.99. The van der Waals surface area contributed by atoms with Gasteiger partial charge in [0.15, 0.2) is 5.03 Å². The van der Waals surface area contributed by atoms with E-state index in [4.69, 9.17) is 0 Å². The Morgan fingerprint density at radius 2 is 2.31 bits per heavy atom. The number of hydrogen-bond acceptors (Lipinski definition) is 4. The zero-order chi connectivity index (χ0) is 11.6. The van der Waals surface area contributed by atoms with E-state index >= 15 is 0 Å². The molecular formula is C8H11N5O2S. The third-order valence-corrected chi connectivity index (χ3v) is 3.31. The molecule has 0 spiro atoms. The molecule has 8 heteroatoms. The van der Waals surface area contributed by atoms with Gasteiger partial charge in [0, 0.05) is 25.4 Å². The maximum Gasteiger partial charge on any atom is 0.257 e. The van der Waals surface area contributed by atoms with Crippen LogP contribution in [-0.4, -0.2) is 28.2 Å². The molecule has 0 bridgehead atoms. The summed E-state index contributed by atoms with van der Waals surface area (Å²) < 4.78 is 27.4. The fraction of sp³-hybridized carbons (Fsp3) is 0.250. The summed E-state index contributed by atoms with van der Waals surface area (Å²) in [6.45, 7) is 0.204. The Morgan fingerprint density at radius 1 is 1.50 bits per heavy atom. The highest BCUT2D eigenvalue weighted by atomic mass is 32.2. The van der Waals surface area contributed by atoms with Gasteiger partial charge in [-0.15, -0.1) is 0 Å². The van der Waals surface area contributed by atoms with Gasteiger partial charge in [-0.05, 0) is 0 Å². The molecule has 2 aromatic rings. The summed E-state index contributed by atoms with van der Waals surface area (Å²) in [6, 6.07) is 0. The average molecular weight is 241 g/mol. The van der Waals surface area contributed by atoms with Crippen LogP contribution in [0.4, 0.5) is 0 Å². The summed E-state index contributed by atoms with van der Waals surface area (Å²) in [5.41, 5.74) is 0.797. The number of aromatic nitrogens is 4. The van der Waals surface area contributed by atoms with E-state index in [9.17, 15) is 8.42 Å². The molecule has 2 aromatic heterocycles. The summed E-state index contributed by atoms with van der Waals surface area (Å²) in [7, 11) is -1.74. The first-order chi connectivity index (χ1) is 7.58. The van der Waals surface area contributed by atoms with Gasteiger partial charge in [0.1, 0.15) is 0 Å². The van der Waals surface area contributed by atoms with Crippen molar-refractivity contribution in [2.24, 2.45) is 7.05 Å². The summed E-state index contributed by atoms with van der Waals surface area (Å²) in [5, 5.41) is 3.99. The second kappa shape index (κ2) is 4.06. The van der Waals surface area contributed by atoms with Crippen molar-refractivity contribution in [3.63, 3.8) is 0 Å². The van der Waals surface area contributed by atoms with Crippen LogP contribution in [0.25, 0.3) is 0 Å². The summed E-state index contributed by atoms with van der Waals surface area (Å²) >= 11 is 0. The van der Waals surface area contributed by atoms with Crippen LogP contribution in [0.2, 0.25) is 0 Å². The molecule has 0 radical (unpaired) electrons. The van der Waals surface area contributed by atoms with Gasteiger partial charge in [0.2, 0.25) is 0 Å². The zero-order valence-corrected chi connectivity index (χ0v) is 9.40. The van der Waals surface area contributed by atoms with Crippen molar-refractivity contribution in [3.05, 3.63) is 30.5 Å². The molecule has 0 amide bonds. The molecule has 0 atom stereocenters. The predicted molar refractivity (Wildman–Crippen MR) is 55.8 cm³/mol. The van der Waals surface area contributed by atoms with Crippen molar-refractivity contribution in [2.75, 3.05) is 0 Å². The molecule has 0 aromatic carbocycles. The molecule has 0 aliphatic heterocycles. The van der Waals surface area contributed by atoms with Crippen molar-refractivity contribution in [2.45, 2.75) is 11.6 Å². The fourth-order valence-electron chi connectivity index (χ4n) is 1.21. The lowest BCUT2D eigenvalue weighted by molar-refractivity contribution is 0.578. The van der Waals surface area contributed by atoms with E-state index in [1.807, 2.05) is 0 Å². The molecule has 0 unspecified atom stereocenters. The molecule has 16 heavy (non-hydrogen) atoms. The van der Waals surface area contributed by atoms with Crippen LogP contribution < -0.4 is 4.72 Å². The number of imidazole rings is 1. The molecule has 2 N–H and O–H groups in total. The molecule has 2 heterocycles. The van der Waals surface area contributed by atoms with Crippen LogP contribution >= 0.6 is 0 Å². The molecule has 0 saturated heterocycles. The van der Waals surface area contributed by atoms with Gasteiger partial charge in [-0.25, -0.2) is 18.1 Å². The van der Waals surface area contributed by atoms with E-state index < -0.39 is 10.0 Å². The molecule has 0 fully saturated rings. The number of aromatic amines is 1. The third kappa shape index (κ3) is 2.28. The van der Waals surface area contributed by atoms with Crippen LogP contribution in [0.1, 0.15) is 5.56 Å². The maximum atomic E-state index is 11.7. The normalized spacial score (nSPS) is 11.8. The maximum absolute atomic E-state index is 11.7. The monoisotopic (exact) mass is 241 g/mol. The van der Waals surface area contributed by atoms with Crippen LogP contribution in [-0.2, 0) is 23.6 Å². The lowest BCUT2D eigenvalue weighted by Gasteiger charge is -2.01. The molecule has 0 aliphatic carbocycles. The Hall–Kier alpha value is -1.67. The summed E-state index contributed by atoms with van der Waals surface area (Å²) in [4.78, 5) is 6.19. The molecule has 0 aliphatic rings. The van der Waals surface area contributed by atoms with Crippen LogP contribution in [0.15, 0.2) is 29.9 Å². The Labute approximate surface area is 92.6 Å². The summed E-state index contributed by atoms with van der Waals surface area (Å²) in [5.74, 6) is 0. The van der Waals surface area contributed by atoms with E-state index in [-0.39, 0.29) is 11.6 Å². The first kappa shape index (κ1) is 10.8. The van der Waals surface area contributed by atoms with Gasteiger partial charge in [0.05, 0.1) is 18.7 Å². The quantitative estimate of drug-likeness (QED) is 0.763. The molecule has 2 rings (SSSR count). The predicted octanol–water partition coefficient (Wildman–Crippen LogP) is -0.378. The number of aryl methyl sites for hydroxylation is 1. The van der Waals surface area contributed by atoms with Gasteiger partial charge >= 0.3 is 0 Å². The van der Waals surface area contributed by atoms with Gasteiger partial charge in [0.25, 0.3) is 10.0 Å². The van der Waals surface area contributed by atoms with Gasteiger partial charge in [-0.1, -0.05) is 0 Å². The molecule has 7 nitrogen and oxygen atoms in total. The van der Waals surface area contributed by atoms with Gasteiger partial charge in [-0.2, -0.15) is 5.10 Å². The standard InChI is InChI=1S/C8H11N5O2S/c1-13-5-7(2-11-13)3-12-16(14,15)8-4-9-6-10-8/h2,4-6,12H,3H2,1H3,(H,9,10). The number of rotatable bonds is 4. The minimum atomic E-state index is -3.51. The van der Waals surface area contributed by atoms with Crippen molar-refractivity contribution in [3.8, 4) is 0 Å². The highest BCUT2D eigenvalue weighted by Crippen LogP contribution is 2.04. The minimum absolute atomic E-state index is 0.0522.